The van der Waals surface area contributed by atoms with Crippen molar-refractivity contribution in [2.24, 2.45) is 5.73 Å². The number of nitrogens with zero attached hydrogens (tertiary/aromatic N) is 1. The normalized spacial score (nSPS) is 18.3. The summed E-state index contributed by atoms with van der Waals surface area (Å²) in [7, 11) is 0. The molecule has 1 aliphatic heterocycles. The number of carbonyl (C=O) groups is 1. The number of hydrogen-bond acceptors (Lipinski definition) is 3. The molecule has 1 heterocycles. The van der Waals surface area contributed by atoms with Gasteiger partial charge in [0.1, 0.15) is 0 Å². The molecule has 80 valence electrons. The summed E-state index contributed by atoms with van der Waals surface area (Å²) in [6.45, 7) is 3.41. The molecule has 4 nitrogen and oxygen atoms in total. The third kappa shape index (κ3) is 2.80. The Morgan fingerprint density at radius 3 is 2.57 bits per heavy atom. The Hall–Kier alpha value is -0.900. The number of nitrogens with one attached hydrogen (secondary N) is 1. The van der Waals surface area contributed by atoms with Gasteiger partial charge in [-0.1, -0.05) is 13.3 Å². The second-order valence-corrected chi connectivity index (χ2v) is 3.86. The fourth-order valence-electron chi connectivity index (χ4n) is 1.65. The lowest BCUT2D eigenvalue weighted by Crippen LogP contribution is -2.45. The largest absolute Gasteiger partial charge is 0.338 e. The SMILES string of the molecule is CCCC(=N)C(=O)N1CCC(N)CC1. The van der Waals surface area contributed by atoms with Crippen LogP contribution in [-0.2, 0) is 4.79 Å². The molecule has 0 bridgehead atoms. The van der Waals surface area contributed by atoms with Crippen LogP contribution in [0.15, 0.2) is 0 Å². The van der Waals surface area contributed by atoms with Crippen LogP contribution in [0.5, 0.6) is 0 Å². The molecule has 1 rings (SSSR count). The van der Waals surface area contributed by atoms with Gasteiger partial charge in [-0.2, -0.15) is 0 Å². The summed E-state index contributed by atoms with van der Waals surface area (Å²) in [6.07, 6.45) is 3.18. The molecular formula is C10H19N3O. The van der Waals surface area contributed by atoms with E-state index in [9.17, 15) is 4.79 Å². The van der Waals surface area contributed by atoms with Crippen LogP contribution in [0, 0.1) is 5.41 Å². The predicted molar refractivity (Wildman–Crippen MR) is 56.4 cm³/mol. The molecule has 0 aromatic carbocycles. The quantitative estimate of drug-likeness (QED) is 0.656. The maximum atomic E-state index is 11.7. The molecule has 0 radical (unpaired) electrons. The highest BCUT2D eigenvalue weighted by atomic mass is 16.2. The molecule has 0 spiro atoms. The van der Waals surface area contributed by atoms with E-state index in [0.29, 0.717) is 19.5 Å². The van der Waals surface area contributed by atoms with Crippen LogP contribution in [-0.4, -0.2) is 35.7 Å². The summed E-state index contributed by atoms with van der Waals surface area (Å²) >= 11 is 0. The fourth-order valence-corrected chi connectivity index (χ4v) is 1.65. The first-order valence-electron chi connectivity index (χ1n) is 5.27. The van der Waals surface area contributed by atoms with Gasteiger partial charge < -0.3 is 10.6 Å². The Morgan fingerprint density at radius 2 is 2.07 bits per heavy atom. The zero-order valence-corrected chi connectivity index (χ0v) is 8.75. The van der Waals surface area contributed by atoms with E-state index in [-0.39, 0.29) is 17.7 Å². The van der Waals surface area contributed by atoms with E-state index in [2.05, 4.69) is 0 Å². The second kappa shape index (κ2) is 5.10. The van der Waals surface area contributed by atoms with Crippen molar-refractivity contribution in [2.45, 2.75) is 38.6 Å². The smallest absolute Gasteiger partial charge is 0.267 e. The minimum atomic E-state index is -0.0984. The molecule has 1 aliphatic rings. The van der Waals surface area contributed by atoms with E-state index in [0.717, 1.165) is 19.3 Å². The van der Waals surface area contributed by atoms with Crippen molar-refractivity contribution in [3.05, 3.63) is 0 Å². The van der Waals surface area contributed by atoms with Gasteiger partial charge in [-0.05, 0) is 19.3 Å². The molecule has 0 unspecified atom stereocenters. The molecule has 0 aromatic heterocycles. The number of hydrogen-bond donors (Lipinski definition) is 2. The van der Waals surface area contributed by atoms with Crippen LogP contribution in [0.1, 0.15) is 32.6 Å². The lowest BCUT2D eigenvalue weighted by atomic mass is 10.1. The molecule has 1 saturated heterocycles. The van der Waals surface area contributed by atoms with Crippen molar-refractivity contribution in [1.82, 2.24) is 4.90 Å². The van der Waals surface area contributed by atoms with Gasteiger partial charge in [0.2, 0.25) is 0 Å². The van der Waals surface area contributed by atoms with Crippen molar-refractivity contribution in [3.63, 3.8) is 0 Å². The maximum Gasteiger partial charge on any atom is 0.267 e. The number of likely N-dealkylation sites (tertiary alicyclic amines) is 1. The molecule has 0 saturated carbocycles. The first-order chi connectivity index (χ1) is 6.65. The van der Waals surface area contributed by atoms with E-state index in [1.54, 1.807) is 4.90 Å². The standard InChI is InChI=1S/C10H19N3O/c1-2-3-9(12)10(14)13-6-4-8(11)5-7-13/h8,12H,2-7,11H2,1H3. The molecular weight excluding hydrogens is 178 g/mol. The average Bonchev–Trinajstić information content (AvgIpc) is 2.18. The molecule has 14 heavy (non-hydrogen) atoms. The third-order valence-electron chi connectivity index (χ3n) is 2.58. The summed E-state index contributed by atoms with van der Waals surface area (Å²) in [5.41, 5.74) is 5.98. The van der Waals surface area contributed by atoms with Crippen molar-refractivity contribution in [1.29, 1.82) is 5.41 Å². The first-order valence-corrected chi connectivity index (χ1v) is 5.27. The van der Waals surface area contributed by atoms with E-state index >= 15 is 0 Å². The Bertz CT molecular complexity index is 219. The molecule has 0 aromatic rings. The Kier molecular flexibility index (Phi) is 4.07. The summed E-state index contributed by atoms with van der Waals surface area (Å²) in [5.74, 6) is -0.0984. The topological polar surface area (TPSA) is 70.2 Å². The Morgan fingerprint density at radius 1 is 1.50 bits per heavy atom. The molecule has 1 fully saturated rings. The summed E-state index contributed by atoms with van der Waals surface area (Å²) in [5, 5.41) is 7.56. The lowest BCUT2D eigenvalue weighted by Gasteiger charge is -2.30. The Balaban J connectivity index is 2.41. The van der Waals surface area contributed by atoms with Gasteiger partial charge in [0.15, 0.2) is 0 Å². The number of rotatable bonds is 3. The number of piperidine rings is 1. The van der Waals surface area contributed by atoms with E-state index < -0.39 is 0 Å². The maximum absolute atomic E-state index is 11.7. The van der Waals surface area contributed by atoms with Crippen LogP contribution in [0.3, 0.4) is 0 Å². The van der Waals surface area contributed by atoms with E-state index in [4.69, 9.17) is 11.1 Å². The number of nitrogens with two attached hydrogens (primary N) is 1. The molecule has 0 atom stereocenters. The average molecular weight is 197 g/mol. The molecule has 1 amide bonds. The highest BCUT2D eigenvalue weighted by Gasteiger charge is 2.22. The van der Waals surface area contributed by atoms with Gasteiger partial charge in [-0.3, -0.25) is 10.2 Å². The number of carbonyl (C=O) groups excluding carboxylic acids is 1. The van der Waals surface area contributed by atoms with Crippen LogP contribution < -0.4 is 5.73 Å². The highest BCUT2D eigenvalue weighted by molar-refractivity contribution is 6.37. The Labute approximate surface area is 85.0 Å². The van der Waals surface area contributed by atoms with Crippen LogP contribution in [0.2, 0.25) is 0 Å². The van der Waals surface area contributed by atoms with Crippen molar-refractivity contribution in [3.8, 4) is 0 Å². The van der Waals surface area contributed by atoms with Crippen molar-refractivity contribution in [2.75, 3.05) is 13.1 Å². The summed E-state index contributed by atoms with van der Waals surface area (Å²) < 4.78 is 0. The zero-order chi connectivity index (χ0) is 10.6. The predicted octanol–water partition coefficient (Wildman–Crippen LogP) is 0.756. The zero-order valence-electron chi connectivity index (χ0n) is 8.75. The van der Waals surface area contributed by atoms with E-state index in [1.807, 2.05) is 6.92 Å². The van der Waals surface area contributed by atoms with Gasteiger partial charge in [0.25, 0.3) is 5.91 Å². The second-order valence-electron chi connectivity index (χ2n) is 3.86. The van der Waals surface area contributed by atoms with Gasteiger partial charge in [-0.15, -0.1) is 0 Å². The molecule has 4 heteroatoms. The summed E-state index contributed by atoms with van der Waals surface area (Å²) in [6, 6.07) is 0.236. The molecule has 0 aliphatic carbocycles. The lowest BCUT2D eigenvalue weighted by molar-refractivity contribution is -0.125. The first kappa shape index (κ1) is 11.2. The monoisotopic (exact) mass is 197 g/mol. The van der Waals surface area contributed by atoms with E-state index in [1.165, 1.54) is 0 Å². The van der Waals surface area contributed by atoms with Crippen molar-refractivity contribution < 1.29 is 4.79 Å². The van der Waals surface area contributed by atoms with Gasteiger partial charge >= 0.3 is 0 Å². The fraction of sp³-hybridized carbons (Fsp3) is 0.800. The number of amides is 1. The van der Waals surface area contributed by atoms with Crippen LogP contribution in [0.4, 0.5) is 0 Å². The van der Waals surface area contributed by atoms with Crippen LogP contribution >= 0.6 is 0 Å². The third-order valence-corrected chi connectivity index (χ3v) is 2.58. The minimum Gasteiger partial charge on any atom is -0.338 e. The van der Waals surface area contributed by atoms with Gasteiger partial charge in [0, 0.05) is 19.1 Å². The summed E-state index contributed by atoms with van der Waals surface area (Å²) in [4.78, 5) is 13.4. The molecule has 3 N–H and O–H groups in total. The minimum absolute atomic E-state index is 0.0984. The van der Waals surface area contributed by atoms with Crippen LogP contribution in [0.25, 0.3) is 0 Å². The van der Waals surface area contributed by atoms with Gasteiger partial charge in [-0.25, -0.2) is 0 Å². The van der Waals surface area contributed by atoms with Crippen molar-refractivity contribution >= 4 is 11.6 Å². The van der Waals surface area contributed by atoms with Gasteiger partial charge in [0.05, 0.1) is 5.71 Å². The highest BCUT2D eigenvalue weighted by Crippen LogP contribution is 2.09.